The normalized spacial score (nSPS) is 18.8. The van der Waals surface area contributed by atoms with Crippen LogP contribution in [0.4, 0.5) is 0 Å². The third-order valence-electron chi connectivity index (χ3n) is 3.23. The fraction of sp³-hybridized carbons (Fsp3) is 0.615. The van der Waals surface area contributed by atoms with Crippen molar-refractivity contribution in [3.8, 4) is 0 Å². The van der Waals surface area contributed by atoms with E-state index in [0.29, 0.717) is 19.6 Å². The van der Waals surface area contributed by atoms with Gasteiger partial charge in [0.1, 0.15) is 0 Å². The highest BCUT2D eigenvalue weighted by Gasteiger charge is 2.21. The second kappa shape index (κ2) is 5.36. The van der Waals surface area contributed by atoms with Gasteiger partial charge in [0.25, 0.3) is 0 Å². The lowest BCUT2D eigenvalue weighted by atomic mass is 9.95. The van der Waals surface area contributed by atoms with Gasteiger partial charge in [-0.05, 0) is 32.3 Å². The molecule has 0 saturated carbocycles. The number of hydrogen-bond donors (Lipinski definition) is 1. The molecule has 1 N–H and O–H groups in total. The summed E-state index contributed by atoms with van der Waals surface area (Å²) in [6.45, 7) is 2.88. The fourth-order valence-corrected chi connectivity index (χ4v) is 2.39. The molecular weight excluding hydrogens is 218 g/mol. The van der Waals surface area contributed by atoms with Crippen molar-refractivity contribution in [1.29, 1.82) is 0 Å². The van der Waals surface area contributed by atoms with Crippen molar-refractivity contribution in [3.05, 3.63) is 23.5 Å². The summed E-state index contributed by atoms with van der Waals surface area (Å²) in [5.41, 5.74) is 2.20. The average molecular weight is 237 g/mol. The zero-order valence-corrected chi connectivity index (χ0v) is 10.2. The molecule has 1 aliphatic carbocycles. The lowest BCUT2D eigenvalue weighted by molar-refractivity contribution is -0.143. The van der Waals surface area contributed by atoms with E-state index in [-0.39, 0.29) is 12.1 Å². The second-order valence-corrected chi connectivity index (χ2v) is 4.37. The number of aromatic nitrogens is 1. The van der Waals surface area contributed by atoms with Crippen molar-refractivity contribution >= 4 is 5.97 Å². The van der Waals surface area contributed by atoms with Gasteiger partial charge in [0.2, 0.25) is 0 Å². The number of nitrogens with zero attached hydrogens (tertiary/aromatic N) is 1. The van der Waals surface area contributed by atoms with Gasteiger partial charge in [-0.25, -0.2) is 0 Å². The van der Waals surface area contributed by atoms with E-state index in [0.717, 1.165) is 24.8 Å². The monoisotopic (exact) mass is 237 g/mol. The van der Waals surface area contributed by atoms with Crippen molar-refractivity contribution < 1.29 is 14.6 Å². The van der Waals surface area contributed by atoms with Gasteiger partial charge in [-0.2, -0.15) is 0 Å². The summed E-state index contributed by atoms with van der Waals surface area (Å²) >= 11 is 0. The molecule has 4 nitrogen and oxygen atoms in total. The number of fused-ring (bicyclic) bond motifs is 1. The van der Waals surface area contributed by atoms with Crippen LogP contribution >= 0.6 is 0 Å². The maximum atomic E-state index is 11.3. The van der Waals surface area contributed by atoms with Crippen molar-refractivity contribution in [2.75, 3.05) is 6.61 Å². The van der Waals surface area contributed by atoms with Gasteiger partial charge in [-0.15, -0.1) is 0 Å². The highest BCUT2D eigenvalue weighted by molar-refractivity contribution is 5.69. The molecule has 94 valence electrons. The first-order valence-electron chi connectivity index (χ1n) is 6.24. The number of aliphatic hydroxyl groups is 1. The Bertz CT molecular complexity index is 397. The Morgan fingerprint density at radius 2 is 2.47 bits per heavy atom. The van der Waals surface area contributed by atoms with E-state index in [1.807, 2.05) is 19.2 Å². The molecule has 1 aromatic heterocycles. The van der Waals surface area contributed by atoms with E-state index in [1.165, 1.54) is 5.69 Å². The molecule has 1 atom stereocenters. The van der Waals surface area contributed by atoms with Crippen LogP contribution in [0.2, 0.25) is 0 Å². The fourth-order valence-electron chi connectivity index (χ4n) is 2.39. The molecule has 0 radical (unpaired) electrons. The standard InChI is InChI=1S/C13H19NO3/c1-2-17-13(16)7-9-14-8-6-10-11(14)4-3-5-12(10)15/h6,8,12,15H,2-5,7,9H2,1H3. The predicted octanol–water partition coefficient (Wildman–Crippen LogP) is 1.81. The average Bonchev–Trinajstić information content (AvgIpc) is 2.72. The number of aryl methyl sites for hydroxylation is 1. The van der Waals surface area contributed by atoms with Gasteiger partial charge >= 0.3 is 5.97 Å². The van der Waals surface area contributed by atoms with E-state index in [1.54, 1.807) is 0 Å². The minimum Gasteiger partial charge on any atom is -0.466 e. The summed E-state index contributed by atoms with van der Waals surface area (Å²) in [7, 11) is 0. The van der Waals surface area contributed by atoms with Crippen LogP contribution in [0, 0.1) is 0 Å². The number of carbonyl (C=O) groups is 1. The number of esters is 1. The minimum atomic E-state index is -0.331. The second-order valence-electron chi connectivity index (χ2n) is 4.37. The van der Waals surface area contributed by atoms with Crippen molar-refractivity contribution in [2.45, 2.75) is 45.3 Å². The molecule has 0 bridgehead atoms. The number of aliphatic hydroxyl groups excluding tert-OH is 1. The Morgan fingerprint density at radius 1 is 1.65 bits per heavy atom. The van der Waals surface area contributed by atoms with E-state index in [4.69, 9.17) is 4.74 Å². The summed E-state index contributed by atoms with van der Waals surface area (Å²) in [5, 5.41) is 9.83. The Balaban J connectivity index is 2.00. The molecule has 1 aromatic rings. The molecule has 0 aromatic carbocycles. The van der Waals surface area contributed by atoms with Gasteiger partial charge in [-0.3, -0.25) is 4.79 Å². The lowest BCUT2D eigenvalue weighted by Crippen LogP contribution is -2.14. The number of ether oxygens (including phenoxy) is 1. The molecule has 17 heavy (non-hydrogen) atoms. The highest BCUT2D eigenvalue weighted by atomic mass is 16.5. The van der Waals surface area contributed by atoms with Crippen LogP contribution in [0.5, 0.6) is 0 Å². The number of hydrogen-bond acceptors (Lipinski definition) is 3. The molecule has 0 fully saturated rings. The van der Waals surface area contributed by atoms with Crippen LogP contribution in [0.3, 0.4) is 0 Å². The molecule has 1 heterocycles. The topological polar surface area (TPSA) is 51.5 Å². The SMILES string of the molecule is CCOC(=O)CCn1ccc2c1CCCC2O. The summed E-state index contributed by atoms with van der Waals surface area (Å²) in [4.78, 5) is 11.3. The largest absolute Gasteiger partial charge is 0.466 e. The number of carbonyl (C=O) groups excluding carboxylic acids is 1. The first-order valence-corrected chi connectivity index (χ1v) is 6.24. The molecular formula is C13H19NO3. The van der Waals surface area contributed by atoms with Gasteiger partial charge in [0.05, 0.1) is 19.1 Å². The third kappa shape index (κ3) is 2.69. The zero-order chi connectivity index (χ0) is 12.3. The molecule has 0 spiro atoms. The summed E-state index contributed by atoms with van der Waals surface area (Å²) in [5.74, 6) is -0.161. The van der Waals surface area contributed by atoms with Crippen LogP contribution in [-0.2, 0) is 22.5 Å². The smallest absolute Gasteiger partial charge is 0.307 e. The molecule has 4 heteroatoms. The highest BCUT2D eigenvalue weighted by Crippen LogP contribution is 2.30. The minimum absolute atomic E-state index is 0.161. The predicted molar refractivity (Wildman–Crippen MR) is 63.6 cm³/mol. The zero-order valence-electron chi connectivity index (χ0n) is 10.2. The molecule has 0 aliphatic heterocycles. The van der Waals surface area contributed by atoms with Crippen LogP contribution in [0.15, 0.2) is 12.3 Å². The quantitative estimate of drug-likeness (QED) is 0.812. The first-order chi connectivity index (χ1) is 8.22. The Labute approximate surface area is 101 Å². The van der Waals surface area contributed by atoms with Crippen molar-refractivity contribution in [3.63, 3.8) is 0 Å². The Morgan fingerprint density at radius 3 is 3.24 bits per heavy atom. The first kappa shape index (κ1) is 12.2. The van der Waals surface area contributed by atoms with Crippen LogP contribution in [0.25, 0.3) is 0 Å². The van der Waals surface area contributed by atoms with E-state index >= 15 is 0 Å². The van der Waals surface area contributed by atoms with Crippen LogP contribution in [0.1, 0.15) is 43.5 Å². The summed E-state index contributed by atoms with van der Waals surface area (Å²) in [6.07, 6.45) is 4.86. The number of rotatable bonds is 4. The van der Waals surface area contributed by atoms with Crippen molar-refractivity contribution in [1.82, 2.24) is 4.57 Å². The summed E-state index contributed by atoms with van der Waals surface area (Å²) in [6, 6.07) is 1.96. The molecule has 0 saturated heterocycles. The lowest BCUT2D eigenvalue weighted by Gasteiger charge is -2.20. The van der Waals surface area contributed by atoms with Crippen LogP contribution in [-0.4, -0.2) is 22.2 Å². The molecule has 1 aliphatic rings. The van der Waals surface area contributed by atoms with E-state index in [9.17, 15) is 9.90 Å². The molecule has 1 unspecified atom stereocenters. The van der Waals surface area contributed by atoms with Gasteiger partial charge in [0.15, 0.2) is 0 Å². The Hall–Kier alpha value is -1.29. The van der Waals surface area contributed by atoms with Crippen LogP contribution < -0.4 is 0 Å². The molecule has 0 amide bonds. The van der Waals surface area contributed by atoms with Gasteiger partial charge < -0.3 is 14.4 Å². The third-order valence-corrected chi connectivity index (χ3v) is 3.23. The maximum absolute atomic E-state index is 11.3. The summed E-state index contributed by atoms with van der Waals surface area (Å²) < 4.78 is 6.97. The van der Waals surface area contributed by atoms with E-state index < -0.39 is 0 Å². The van der Waals surface area contributed by atoms with E-state index in [2.05, 4.69) is 4.57 Å². The Kier molecular flexibility index (Phi) is 3.84. The molecule has 2 rings (SSSR count). The van der Waals surface area contributed by atoms with Crippen molar-refractivity contribution in [2.24, 2.45) is 0 Å². The maximum Gasteiger partial charge on any atom is 0.307 e. The van der Waals surface area contributed by atoms with Gasteiger partial charge in [-0.1, -0.05) is 0 Å². The van der Waals surface area contributed by atoms with Gasteiger partial charge in [0, 0.05) is 24.0 Å².